The van der Waals surface area contributed by atoms with Crippen molar-refractivity contribution >= 4 is 12.0 Å². The van der Waals surface area contributed by atoms with E-state index in [1.807, 2.05) is 27.7 Å². The Morgan fingerprint density at radius 3 is 2.36 bits per heavy atom. The fraction of sp³-hybridized carbons (Fsp3) is 0.579. The van der Waals surface area contributed by atoms with Gasteiger partial charge >= 0.3 is 6.09 Å². The number of hydrogen-bond donors (Lipinski definition) is 0. The molecule has 0 bridgehead atoms. The van der Waals surface area contributed by atoms with E-state index in [4.69, 9.17) is 4.74 Å². The maximum atomic E-state index is 13.0. The number of benzene rings is 1. The maximum Gasteiger partial charge on any atom is 0.410 e. The van der Waals surface area contributed by atoms with Gasteiger partial charge in [-0.25, -0.2) is 9.18 Å². The Hall–Kier alpha value is -2.11. The van der Waals surface area contributed by atoms with Crippen LogP contribution in [-0.4, -0.2) is 53.6 Å². The smallest absolute Gasteiger partial charge is 0.410 e. The van der Waals surface area contributed by atoms with E-state index in [-0.39, 0.29) is 29.8 Å². The van der Waals surface area contributed by atoms with Gasteiger partial charge in [0, 0.05) is 31.7 Å². The zero-order valence-corrected chi connectivity index (χ0v) is 15.6. The zero-order valence-electron chi connectivity index (χ0n) is 15.6. The van der Waals surface area contributed by atoms with Gasteiger partial charge in [0.1, 0.15) is 11.4 Å². The molecule has 0 radical (unpaired) electrons. The van der Waals surface area contributed by atoms with Crippen LogP contribution in [0.15, 0.2) is 24.3 Å². The summed E-state index contributed by atoms with van der Waals surface area (Å²) >= 11 is 0. The standard InChI is InChI=1S/C19H27FN2O3/c1-13-12-22(18(24)25-19(2,3)4)11-10-16(13)21(5)17(23)14-6-8-15(20)9-7-14/h6-9,13,16H,10-12H2,1-5H3. The normalized spacial score (nSPS) is 21.0. The molecule has 1 aromatic carbocycles. The first kappa shape index (κ1) is 19.2. The second kappa shape index (κ2) is 7.42. The van der Waals surface area contributed by atoms with E-state index in [1.165, 1.54) is 24.3 Å². The lowest BCUT2D eigenvalue weighted by molar-refractivity contribution is 0.00737. The molecule has 0 spiro atoms. The summed E-state index contributed by atoms with van der Waals surface area (Å²) in [6.07, 6.45) is 0.370. The van der Waals surface area contributed by atoms with E-state index < -0.39 is 5.60 Å². The third-order valence-corrected chi connectivity index (χ3v) is 4.42. The van der Waals surface area contributed by atoms with E-state index >= 15 is 0 Å². The highest BCUT2D eigenvalue weighted by molar-refractivity contribution is 5.94. The van der Waals surface area contributed by atoms with Crippen LogP contribution in [0.3, 0.4) is 0 Å². The van der Waals surface area contributed by atoms with Crippen molar-refractivity contribution in [3.63, 3.8) is 0 Å². The molecule has 0 saturated carbocycles. The number of piperidine rings is 1. The molecular weight excluding hydrogens is 323 g/mol. The van der Waals surface area contributed by atoms with Gasteiger partial charge in [-0.2, -0.15) is 0 Å². The summed E-state index contributed by atoms with van der Waals surface area (Å²) in [5.41, 5.74) is -0.0577. The molecule has 1 saturated heterocycles. The van der Waals surface area contributed by atoms with Crippen molar-refractivity contribution in [2.24, 2.45) is 5.92 Å². The highest BCUT2D eigenvalue weighted by Gasteiger charge is 2.34. The number of hydrogen-bond acceptors (Lipinski definition) is 3. The fourth-order valence-electron chi connectivity index (χ4n) is 3.15. The minimum Gasteiger partial charge on any atom is -0.444 e. The van der Waals surface area contributed by atoms with Crippen molar-refractivity contribution in [2.45, 2.75) is 45.8 Å². The summed E-state index contributed by atoms with van der Waals surface area (Å²) in [4.78, 5) is 28.2. The van der Waals surface area contributed by atoms with E-state index in [2.05, 4.69) is 0 Å². The molecular formula is C19H27FN2O3. The molecule has 0 aromatic heterocycles. The van der Waals surface area contributed by atoms with Crippen molar-refractivity contribution in [2.75, 3.05) is 20.1 Å². The lowest BCUT2D eigenvalue weighted by Gasteiger charge is -2.41. The highest BCUT2D eigenvalue weighted by Crippen LogP contribution is 2.24. The molecule has 6 heteroatoms. The Labute approximate surface area is 148 Å². The molecule has 2 rings (SSSR count). The molecule has 1 aliphatic heterocycles. The lowest BCUT2D eigenvalue weighted by Crippen LogP contribution is -2.52. The van der Waals surface area contributed by atoms with Crippen LogP contribution in [0.1, 0.15) is 44.5 Å². The first-order chi connectivity index (χ1) is 11.6. The Morgan fingerprint density at radius 1 is 1.24 bits per heavy atom. The van der Waals surface area contributed by atoms with Crippen LogP contribution in [0.4, 0.5) is 9.18 Å². The molecule has 25 heavy (non-hydrogen) atoms. The first-order valence-corrected chi connectivity index (χ1v) is 8.59. The molecule has 1 fully saturated rings. The van der Waals surface area contributed by atoms with Crippen LogP contribution in [0.25, 0.3) is 0 Å². The summed E-state index contributed by atoms with van der Waals surface area (Å²) in [5.74, 6) is -0.378. The quantitative estimate of drug-likeness (QED) is 0.820. The summed E-state index contributed by atoms with van der Waals surface area (Å²) in [6, 6.07) is 5.59. The molecule has 1 heterocycles. The van der Waals surface area contributed by atoms with Crippen LogP contribution in [-0.2, 0) is 4.74 Å². The Morgan fingerprint density at radius 2 is 1.84 bits per heavy atom. The van der Waals surface area contributed by atoms with E-state index in [0.717, 1.165) is 0 Å². The van der Waals surface area contributed by atoms with Gasteiger partial charge in [-0.05, 0) is 57.4 Å². The van der Waals surface area contributed by atoms with Crippen LogP contribution in [0.2, 0.25) is 0 Å². The predicted molar refractivity (Wildman–Crippen MR) is 93.9 cm³/mol. The minimum atomic E-state index is -0.521. The molecule has 2 atom stereocenters. The van der Waals surface area contributed by atoms with Gasteiger partial charge in [0.05, 0.1) is 0 Å². The SMILES string of the molecule is CC1CN(C(=O)OC(C)(C)C)CCC1N(C)C(=O)c1ccc(F)cc1. The van der Waals surface area contributed by atoms with Crippen molar-refractivity contribution in [1.82, 2.24) is 9.80 Å². The van der Waals surface area contributed by atoms with Gasteiger partial charge in [-0.15, -0.1) is 0 Å². The van der Waals surface area contributed by atoms with Crippen LogP contribution in [0, 0.1) is 11.7 Å². The van der Waals surface area contributed by atoms with Gasteiger partial charge in [0.15, 0.2) is 0 Å². The van der Waals surface area contributed by atoms with Crippen molar-refractivity contribution in [3.05, 3.63) is 35.6 Å². The van der Waals surface area contributed by atoms with Crippen molar-refractivity contribution in [3.8, 4) is 0 Å². The Bertz CT molecular complexity index is 625. The molecule has 2 unspecified atom stereocenters. The molecule has 0 aliphatic carbocycles. The second-order valence-electron chi connectivity index (χ2n) is 7.68. The van der Waals surface area contributed by atoms with Crippen molar-refractivity contribution < 1.29 is 18.7 Å². The van der Waals surface area contributed by atoms with Crippen LogP contribution < -0.4 is 0 Å². The number of carbonyl (C=O) groups is 2. The Kier molecular flexibility index (Phi) is 5.70. The molecule has 1 aliphatic rings. The number of halogens is 1. The monoisotopic (exact) mass is 350 g/mol. The topological polar surface area (TPSA) is 49.9 Å². The fourth-order valence-corrected chi connectivity index (χ4v) is 3.15. The summed E-state index contributed by atoms with van der Waals surface area (Å²) in [5, 5.41) is 0. The molecule has 0 N–H and O–H groups in total. The van der Waals surface area contributed by atoms with Crippen LogP contribution >= 0.6 is 0 Å². The zero-order chi connectivity index (χ0) is 18.8. The van der Waals surface area contributed by atoms with Gasteiger partial charge in [-0.1, -0.05) is 6.92 Å². The number of rotatable bonds is 2. The van der Waals surface area contributed by atoms with E-state index in [9.17, 15) is 14.0 Å². The average molecular weight is 350 g/mol. The summed E-state index contributed by atoms with van der Waals surface area (Å²) in [7, 11) is 1.76. The molecule has 5 nitrogen and oxygen atoms in total. The minimum absolute atomic E-state index is 0.0243. The number of carbonyl (C=O) groups excluding carboxylic acids is 2. The average Bonchev–Trinajstić information content (AvgIpc) is 2.52. The summed E-state index contributed by atoms with van der Waals surface area (Å²) in [6.45, 7) is 8.64. The van der Waals surface area contributed by atoms with Gasteiger partial charge < -0.3 is 14.5 Å². The van der Waals surface area contributed by atoms with E-state index in [0.29, 0.717) is 25.1 Å². The van der Waals surface area contributed by atoms with Crippen LogP contribution in [0.5, 0.6) is 0 Å². The highest BCUT2D eigenvalue weighted by atomic mass is 19.1. The molecule has 2 amide bonds. The number of ether oxygens (including phenoxy) is 1. The van der Waals surface area contributed by atoms with Gasteiger partial charge in [-0.3, -0.25) is 4.79 Å². The maximum absolute atomic E-state index is 13.0. The number of likely N-dealkylation sites (tertiary alicyclic amines) is 1. The number of amides is 2. The first-order valence-electron chi connectivity index (χ1n) is 8.59. The third-order valence-electron chi connectivity index (χ3n) is 4.42. The molecule has 1 aromatic rings. The molecule has 138 valence electrons. The third kappa shape index (κ3) is 4.94. The van der Waals surface area contributed by atoms with Crippen molar-refractivity contribution in [1.29, 1.82) is 0 Å². The Balaban J connectivity index is 1.99. The lowest BCUT2D eigenvalue weighted by atomic mass is 9.92. The predicted octanol–water partition coefficient (Wildman–Crippen LogP) is 3.54. The second-order valence-corrected chi connectivity index (χ2v) is 7.68. The van der Waals surface area contributed by atoms with E-state index in [1.54, 1.807) is 16.8 Å². The van der Waals surface area contributed by atoms with Gasteiger partial charge in [0.25, 0.3) is 5.91 Å². The number of nitrogens with zero attached hydrogens (tertiary/aromatic N) is 2. The largest absolute Gasteiger partial charge is 0.444 e. The van der Waals surface area contributed by atoms with Gasteiger partial charge in [0.2, 0.25) is 0 Å². The summed E-state index contributed by atoms with van der Waals surface area (Å²) < 4.78 is 18.4.